The monoisotopic (exact) mass is 469 g/mol. The van der Waals surface area contributed by atoms with E-state index >= 15 is 0 Å². The fraction of sp³-hybridized carbons (Fsp3) is 0.241. The third-order valence-corrected chi connectivity index (χ3v) is 6.67. The Bertz CT molecular complexity index is 1280. The number of ether oxygens (including phenoxy) is 1. The summed E-state index contributed by atoms with van der Waals surface area (Å²) >= 11 is 0. The maximum absolute atomic E-state index is 11.8. The van der Waals surface area contributed by atoms with Gasteiger partial charge < -0.3 is 19.4 Å². The van der Waals surface area contributed by atoms with Crippen LogP contribution < -0.4 is 4.74 Å². The molecule has 0 amide bonds. The second-order valence-electron chi connectivity index (χ2n) is 9.06. The fourth-order valence-corrected chi connectivity index (χ4v) is 4.97. The molecule has 35 heavy (non-hydrogen) atoms. The standard InChI is InChI=1S/C29H27NO5/c1-20(31)34-24-15-8-14-23(18-24)29(33)17-9-16-28(29,32)19-25-30-26(21-10-4-2-5-11-21)27(35-25)22-12-6-3-7-13-22/h2-8,10-15,18,32-33H,9,16-17,19H2,1H3. The first kappa shape index (κ1) is 23.0. The van der Waals surface area contributed by atoms with Crippen LogP contribution in [0.2, 0.25) is 0 Å². The van der Waals surface area contributed by atoms with Crippen molar-refractivity contribution in [1.29, 1.82) is 0 Å². The molecule has 1 aliphatic carbocycles. The zero-order valence-electron chi connectivity index (χ0n) is 19.5. The largest absolute Gasteiger partial charge is 0.440 e. The molecule has 178 valence electrons. The van der Waals surface area contributed by atoms with Crippen molar-refractivity contribution in [3.05, 3.63) is 96.4 Å². The van der Waals surface area contributed by atoms with E-state index in [1.807, 2.05) is 60.7 Å². The minimum Gasteiger partial charge on any atom is -0.440 e. The normalized spacial score (nSPS) is 21.7. The van der Waals surface area contributed by atoms with E-state index in [0.717, 1.165) is 11.1 Å². The van der Waals surface area contributed by atoms with Gasteiger partial charge in [-0.3, -0.25) is 4.79 Å². The molecule has 6 nitrogen and oxygen atoms in total. The maximum Gasteiger partial charge on any atom is 0.308 e. The van der Waals surface area contributed by atoms with Crippen LogP contribution in [0.25, 0.3) is 22.6 Å². The number of hydrogen-bond donors (Lipinski definition) is 2. The van der Waals surface area contributed by atoms with Crippen molar-refractivity contribution in [1.82, 2.24) is 4.98 Å². The van der Waals surface area contributed by atoms with Crippen molar-refractivity contribution >= 4 is 5.97 Å². The Morgan fingerprint density at radius 1 is 0.943 bits per heavy atom. The van der Waals surface area contributed by atoms with Gasteiger partial charge >= 0.3 is 5.97 Å². The van der Waals surface area contributed by atoms with Gasteiger partial charge in [0.2, 0.25) is 0 Å². The van der Waals surface area contributed by atoms with Gasteiger partial charge in [-0.25, -0.2) is 4.98 Å². The van der Waals surface area contributed by atoms with Crippen LogP contribution in [0.4, 0.5) is 0 Å². The molecule has 0 radical (unpaired) electrons. The molecule has 2 N–H and O–H groups in total. The molecule has 1 aliphatic rings. The second-order valence-corrected chi connectivity index (χ2v) is 9.06. The Labute approximate surface area is 203 Å². The number of rotatable bonds is 6. The van der Waals surface area contributed by atoms with Crippen LogP contribution in [0.5, 0.6) is 5.75 Å². The molecule has 0 aliphatic heterocycles. The summed E-state index contributed by atoms with van der Waals surface area (Å²) in [5.74, 6) is 0.847. The number of aromatic nitrogens is 1. The Morgan fingerprint density at radius 2 is 1.63 bits per heavy atom. The van der Waals surface area contributed by atoms with Crippen LogP contribution in [-0.4, -0.2) is 26.8 Å². The number of esters is 1. The van der Waals surface area contributed by atoms with Crippen molar-refractivity contribution in [2.24, 2.45) is 0 Å². The highest BCUT2D eigenvalue weighted by Gasteiger charge is 2.55. The topological polar surface area (TPSA) is 92.8 Å². The summed E-state index contributed by atoms with van der Waals surface area (Å²) in [5, 5.41) is 23.5. The number of nitrogens with zero attached hydrogens (tertiary/aromatic N) is 1. The number of benzene rings is 3. The highest BCUT2D eigenvalue weighted by molar-refractivity contribution is 5.76. The average molecular weight is 470 g/mol. The molecule has 0 bridgehead atoms. The van der Waals surface area contributed by atoms with E-state index in [2.05, 4.69) is 0 Å². The predicted molar refractivity (Wildman–Crippen MR) is 132 cm³/mol. The van der Waals surface area contributed by atoms with Crippen molar-refractivity contribution in [2.75, 3.05) is 0 Å². The lowest BCUT2D eigenvalue weighted by molar-refractivity contribution is -0.138. The molecule has 2 unspecified atom stereocenters. The summed E-state index contributed by atoms with van der Waals surface area (Å²) in [6.45, 7) is 1.32. The smallest absolute Gasteiger partial charge is 0.308 e. The Balaban J connectivity index is 1.53. The lowest BCUT2D eigenvalue weighted by atomic mass is 9.78. The van der Waals surface area contributed by atoms with Crippen LogP contribution in [0.15, 0.2) is 89.3 Å². The minimum atomic E-state index is -1.54. The molecule has 4 aromatic rings. The maximum atomic E-state index is 11.8. The molecule has 3 aromatic carbocycles. The van der Waals surface area contributed by atoms with Crippen LogP contribution in [0.3, 0.4) is 0 Å². The van der Waals surface area contributed by atoms with E-state index < -0.39 is 17.2 Å². The minimum absolute atomic E-state index is 0.0357. The first-order valence-corrected chi connectivity index (χ1v) is 11.7. The summed E-state index contributed by atoms with van der Waals surface area (Å²) in [4.78, 5) is 16.2. The third kappa shape index (κ3) is 4.38. The van der Waals surface area contributed by atoms with E-state index in [1.165, 1.54) is 6.92 Å². The molecule has 2 atom stereocenters. The van der Waals surface area contributed by atoms with E-state index in [-0.39, 0.29) is 6.42 Å². The zero-order chi connectivity index (χ0) is 24.5. The van der Waals surface area contributed by atoms with Crippen LogP contribution >= 0.6 is 0 Å². The van der Waals surface area contributed by atoms with Crippen LogP contribution in [0.1, 0.15) is 37.6 Å². The van der Waals surface area contributed by atoms with Crippen molar-refractivity contribution in [3.8, 4) is 28.3 Å². The van der Waals surface area contributed by atoms with Gasteiger partial charge in [0, 0.05) is 18.1 Å². The molecule has 1 saturated carbocycles. The van der Waals surface area contributed by atoms with Gasteiger partial charge in [-0.2, -0.15) is 0 Å². The molecule has 0 saturated heterocycles. The van der Waals surface area contributed by atoms with E-state index in [1.54, 1.807) is 24.3 Å². The van der Waals surface area contributed by atoms with Crippen molar-refractivity contribution in [3.63, 3.8) is 0 Å². The van der Waals surface area contributed by atoms with Crippen LogP contribution in [0, 0.1) is 0 Å². The van der Waals surface area contributed by atoms with Crippen molar-refractivity contribution < 1.29 is 24.2 Å². The molecule has 1 aromatic heterocycles. The molecular formula is C29H27NO5. The zero-order valence-corrected chi connectivity index (χ0v) is 19.5. The van der Waals surface area contributed by atoms with E-state index in [4.69, 9.17) is 14.1 Å². The first-order valence-electron chi connectivity index (χ1n) is 11.7. The average Bonchev–Trinajstić information content (AvgIpc) is 3.41. The van der Waals surface area contributed by atoms with Crippen LogP contribution in [-0.2, 0) is 16.8 Å². The Morgan fingerprint density at radius 3 is 2.31 bits per heavy atom. The molecular weight excluding hydrogens is 442 g/mol. The van der Waals surface area contributed by atoms with Gasteiger partial charge in [0.1, 0.15) is 22.6 Å². The molecule has 0 spiro atoms. The quantitative estimate of drug-likeness (QED) is 0.295. The Kier molecular flexibility index (Phi) is 6.01. The van der Waals surface area contributed by atoms with Gasteiger partial charge in [0.25, 0.3) is 0 Å². The number of carbonyl (C=O) groups excluding carboxylic acids is 1. The fourth-order valence-electron chi connectivity index (χ4n) is 4.97. The number of oxazole rings is 1. The number of hydrogen-bond acceptors (Lipinski definition) is 6. The SMILES string of the molecule is CC(=O)Oc1cccc(C2(O)CCCC2(O)Cc2nc(-c3ccccc3)c(-c3ccccc3)o2)c1. The lowest BCUT2D eigenvalue weighted by Gasteiger charge is -2.38. The molecule has 5 rings (SSSR count). The second kappa shape index (κ2) is 9.13. The van der Waals surface area contributed by atoms with Gasteiger partial charge in [0.15, 0.2) is 11.7 Å². The predicted octanol–water partition coefficient (Wildman–Crippen LogP) is 5.28. The molecule has 6 heteroatoms. The third-order valence-electron chi connectivity index (χ3n) is 6.67. The van der Waals surface area contributed by atoms with E-state index in [0.29, 0.717) is 47.9 Å². The Hall–Kier alpha value is -3.74. The lowest BCUT2D eigenvalue weighted by Crippen LogP contribution is -2.49. The van der Waals surface area contributed by atoms with Gasteiger partial charge in [0.05, 0.1) is 6.42 Å². The van der Waals surface area contributed by atoms with Gasteiger partial charge in [-0.05, 0) is 37.0 Å². The van der Waals surface area contributed by atoms with Gasteiger partial charge in [-0.1, -0.05) is 72.8 Å². The van der Waals surface area contributed by atoms with Crippen molar-refractivity contribution in [2.45, 2.75) is 43.8 Å². The first-order chi connectivity index (χ1) is 16.9. The number of aliphatic hydroxyl groups is 2. The molecule has 1 heterocycles. The van der Waals surface area contributed by atoms with Gasteiger partial charge in [-0.15, -0.1) is 0 Å². The summed E-state index contributed by atoms with van der Waals surface area (Å²) in [6, 6.07) is 26.2. The summed E-state index contributed by atoms with van der Waals surface area (Å²) in [5.41, 5.74) is -0.0772. The summed E-state index contributed by atoms with van der Waals surface area (Å²) in [6.07, 6.45) is 1.41. The summed E-state index contributed by atoms with van der Waals surface area (Å²) < 4.78 is 11.4. The molecule has 1 fully saturated rings. The highest BCUT2D eigenvalue weighted by Crippen LogP contribution is 2.49. The summed E-state index contributed by atoms with van der Waals surface area (Å²) in [7, 11) is 0. The number of carbonyl (C=O) groups is 1. The highest BCUT2D eigenvalue weighted by atomic mass is 16.5. The van der Waals surface area contributed by atoms with E-state index in [9.17, 15) is 15.0 Å².